The normalized spacial score (nSPS) is 12.4. The zero-order chi connectivity index (χ0) is 19.4. The molecule has 0 aromatic carbocycles. The number of carbonyl (C=O) groups is 5. The van der Waals surface area contributed by atoms with E-state index in [0.717, 1.165) is 6.92 Å². The highest BCUT2D eigenvalue weighted by Gasteiger charge is 2.27. The Kier molecular flexibility index (Phi) is 10.6. The quantitative estimate of drug-likeness (QED) is 0.412. The molecule has 0 spiro atoms. The zero-order valence-corrected chi connectivity index (χ0v) is 14.5. The molecule has 10 heteroatoms. The van der Waals surface area contributed by atoms with E-state index in [1.807, 2.05) is 0 Å². The summed E-state index contributed by atoms with van der Waals surface area (Å²) in [6.45, 7) is 4.60. The number of hydrogen-bond acceptors (Lipinski definition) is 7. The van der Waals surface area contributed by atoms with Crippen LogP contribution in [0, 0.1) is 0 Å². The lowest BCUT2D eigenvalue weighted by atomic mass is 10.1. The number of ether oxygens (including phenoxy) is 2. The fraction of sp³-hybridized carbons (Fsp3) is 0.667. The molecule has 142 valence electrons. The first-order valence-electron chi connectivity index (χ1n) is 7.82. The number of hydrogen-bond donors (Lipinski definition) is 3. The first kappa shape index (κ1) is 22.4. The van der Waals surface area contributed by atoms with Crippen LogP contribution in [0.3, 0.4) is 0 Å². The summed E-state index contributed by atoms with van der Waals surface area (Å²) < 4.78 is 9.57. The van der Waals surface area contributed by atoms with Gasteiger partial charge in [0.1, 0.15) is 12.1 Å². The summed E-state index contributed by atoms with van der Waals surface area (Å²) in [4.78, 5) is 57.2. The predicted octanol–water partition coefficient (Wildman–Crippen LogP) is -0.643. The van der Waals surface area contributed by atoms with E-state index in [-0.39, 0.29) is 26.1 Å². The summed E-state index contributed by atoms with van der Waals surface area (Å²) >= 11 is 0. The lowest BCUT2D eigenvalue weighted by molar-refractivity contribution is -0.149. The number of aliphatic carboxylic acids is 1. The standard InChI is InChI=1S/C15H24N2O8/c1-4-24-13(20)7-6-10(15(23)25-5-2)17-12(19)8-11(14(21)22)16-9(3)18/h10-11H,4-8H2,1-3H3,(H,16,18)(H,17,19)(H,21,22). The lowest BCUT2D eigenvalue weighted by Crippen LogP contribution is -2.47. The molecule has 0 bridgehead atoms. The summed E-state index contributed by atoms with van der Waals surface area (Å²) in [5, 5.41) is 13.4. The molecule has 0 aliphatic carbocycles. The van der Waals surface area contributed by atoms with Gasteiger partial charge in [0.05, 0.1) is 19.6 Å². The molecule has 2 atom stereocenters. The molecule has 0 aliphatic heterocycles. The Balaban J connectivity index is 4.82. The van der Waals surface area contributed by atoms with E-state index in [9.17, 15) is 24.0 Å². The second kappa shape index (κ2) is 11.8. The topological polar surface area (TPSA) is 148 Å². The number of nitrogens with one attached hydrogen (secondary N) is 2. The zero-order valence-electron chi connectivity index (χ0n) is 14.5. The van der Waals surface area contributed by atoms with Gasteiger partial charge in [0.25, 0.3) is 0 Å². The Morgan fingerprint density at radius 1 is 0.960 bits per heavy atom. The maximum absolute atomic E-state index is 12.0. The van der Waals surface area contributed by atoms with Gasteiger partial charge in [-0.05, 0) is 20.3 Å². The van der Waals surface area contributed by atoms with Gasteiger partial charge in [-0.2, -0.15) is 0 Å². The lowest BCUT2D eigenvalue weighted by Gasteiger charge is -2.19. The van der Waals surface area contributed by atoms with Crippen molar-refractivity contribution >= 4 is 29.7 Å². The second-order valence-electron chi connectivity index (χ2n) is 5.01. The Bertz CT molecular complexity index is 506. The van der Waals surface area contributed by atoms with Gasteiger partial charge < -0.3 is 25.2 Å². The summed E-state index contributed by atoms with van der Waals surface area (Å²) in [6, 6.07) is -2.55. The number of amides is 2. The van der Waals surface area contributed by atoms with Crippen LogP contribution in [0.5, 0.6) is 0 Å². The van der Waals surface area contributed by atoms with Crippen LogP contribution in [0.1, 0.15) is 40.0 Å². The molecule has 0 radical (unpaired) electrons. The van der Waals surface area contributed by atoms with Crippen LogP contribution in [0.2, 0.25) is 0 Å². The molecule has 0 heterocycles. The highest BCUT2D eigenvalue weighted by molar-refractivity contribution is 5.90. The molecule has 3 N–H and O–H groups in total. The SMILES string of the molecule is CCOC(=O)CCC(NC(=O)CC(NC(C)=O)C(=O)O)C(=O)OCC. The minimum absolute atomic E-state index is 0.0543. The number of carboxylic acids is 1. The van der Waals surface area contributed by atoms with Crippen LogP contribution in [0.25, 0.3) is 0 Å². The van der Waals surface area contributed by atoms with Crippen molar-refractivity contribution in [1.29, 1.82) is 0 Å². The summed E-state index contributed by atoms with van der Waals surface area (Å²) in [5.41, 5.74) is 0. The minimum atomic E-state index is -1.43. The van der Waals surface area contributed by atoms with Gasteiger partial charge >= 0.3 is 17.9 Å². The predicted molar refractivity (Wildman–Crippen MR) is 84.3 cm³/mol. The Morgan fingerprint density at radius 3 is 2.04 bits per heavy atom. The largest absolute Gasteiger partial charge is 0.480 e. The minimum Gasteiger partial charge on any atom is -0.480 e. The van der Waals surface area contributed by atoms with E-state index in [1.165, 1.54) is 0 Å². The molecular formula is C15H24N2O8. The van der Waals surface area contributed by atoms with Crippen molar-refractivity contribution in [2.75, 3.05) is 13.2 Å². The maximum atomic E-state index is 12.0. The molecule has 0 aromatic heterocycles. The highest BCUT2D eigenvalue weighted by atomic mass is 16.5. The Hall–Kier alpha value is -2.65. The highest BCUT2D eigenvalue weighted by Crippen LogP contribution is 2.04. The summed E-state index contributed by atoms with van der Waals surface area (Å²) in [6.07, 6.45) is -0.739. The van der Waals surface area contributed by atoms with Crippen LogP contribution in [-0.4, -0.2) is 60.1 Å². The van der Waals surface area contributed by atoms with E-state index in [0.29, 0.717) is 0 Å². The number of carbonyl (C=O) groups excluding carboxylic acids is 4. The van der Waals surface area contributed by atoms with Crippen LogP contribution < -0.4 is 10.6 Å². The van der Waals surface area contributed by atoms with Crippen LogP contribution in [0.4, 0.5) is 0 Å². The smallest absolute Gasteiger partial charge is 0.328 e. The summed E-state index contributed by atoms with van der Waals surface area (Å²) in [5.74, 6) is -4.05. The van der Waals surface area contributed by atoms with E-state index >= 15 is 0 Å². The average molecular weight is 360 g/mol. The molecule has 10 nitrogen and oxygen atoms in total. The Labute approximate surface area is 145 Å². The van der Waals surface area contributed by atoms with Crippen molar-refractivity contribution in [2.24, 2.45) is 0 Å². The third kappa shape index (κ3) is 9.95. The monoisotopic (exact) mass is 360 g/mol. The number of rotatable bonds is 11. The maximum Gasteiger partial charge on any atom is 0.328 e. The third-order valence-corrected chi connectivity index (χ3v) is 2.91. The van der Waals surface area contributed by atoms with Crippen molar-refractivity contribution in [3.05, 3.63) is 0 Å². The molecule has 0 rings (SSSR count). The van der Waals surface area contributed by atoms with Crippen molar-refractivity contribution in [2.45, 2.75) is 52.1 Å². The summed E-state index contributed by atoms with van der Waals surface area (Å²) in [7, 11) is 0. The van der Waals surface area contributed by atoms with Crippen LogP contribution in [-0.2, 0) is 33.4 Å². The van der Waals surface area contributed by atoms with Crippen LogP contribution in [0.15, 0.2) is 0 Å². The van der Waals surface area contributed by atoms with Crippen molar-refractivity contribution in [3.63, 3.8) is 0 Å². The molecule has 0 saturated heterocycles. The molecule has 0 saturated carbocycles. The second-order valence-corrected chi connectivity index (χ2v) is 5.01. The molecule has 0 aliphatic rings. The van der Waals surface area contributed by atoms with Gasteiger partial charge in [-0.25, -0.2) is 9.59 Å². The Morgan fingerprint density at radius 2 is 1.56 bits per heavy atom. The van der Waals surface area contributed by atoms with Gasteiger partial charge in [-0.1, -0.05) is 0 Å². The van der Waals surface area contributed by atoms with Crippen molar-refractivity contribution < 1.29 is 38.6 Å². The fourth-order valence-electron chi connectivity index (χ4n) is 1.87. The molecule has 2 unspecified atom stereocenters. The van der Waals surface area contributed by atoms with Crippen molar-refractivity contribution in [3.8, 4) is 0 Å². The van der Waals surface area contributed by atoms with Gasteiger partial charge in [0.2, 0.25) is 11.8 Å². The first-order chi connectivity index (χ1) is 11.7. The van der Waals surface area contributed by atoms with E-state index in [4.69, 9.17) is 14.6 Å². The van der Waals surface area contributed by atoms with E-state index in [1.54, 1.807) is 13.8 Å². The molecule has 0 fully saturated rings. The van der Waals surface area contributed by atoms with E-state index in [2.05, 4.69) is 10.6 Å². The van der Waals surface area contributed by atoms with Gasteiger partial charge in [0, 0.05) is 13.3 Å². The number of esters is 2. The average Bonchev–Trinajstić information content (AvgIpc) is 2.50. The number of carboxylic acid groups (broad SMARTS) is 1. The molecular weight excluding hydrogens is 336 g/mol. The van der Waals surface area contributed by atoms with E-state index < -0.39 is 48.2 Å². The van der Waals surface area contributed by atoms with Crippen molar-refractivity contribution in [1.82, 2.24) is 10.6 Å². The molecule has 2 amide bonds. The van der Waals surface area contributed by atoms with Crippen LogP contribution >= 0.6 is 0 Å². The fourth-order valence-corrected chi connectivity index (χ4v) is 1.87. The van der Waals surface area contributed by atoms with Gasteiger partial charge in [-0.15, -0.1) is 0 Å². The van der Waals surface area contributed by atoms with Gasteiger partial charge in [-0.3, -0.25) is 14.4 Å². The van der Waals surface area contributed by atoms with Gasteiger partial charge in [0.15, 0.2) is 0 Å². The third-order valence-electron chi connectivity index (χ3n) is 2.91. The first-order valence-corrected chi connectivity index (χ1v) is 7.82. The molecule has 25 heavy (non-hydrogen) atoms. The molecule has 0 aromatic rings.